The molecule has 126 valence electrons. The fraction of sp³-hybridized carbons (Fsp3) is 0.389. The molecule has 0 spiro atoms. The third-order valence-corrected chi connectivity index (χ3v) is 4.99. The van der Waals surface area contributed by atoms with Crippen LogP contribution < -0.4 is 10.6 Å². The zero-order valence-corrected chi connectivity index (χ0v) is 14.7. The number of nitrogens with zero attached hydrogens (tertiary/aromatic N) is 3. The monoisotopic (exact) mass is 344 g/mol. The zero-order valence-electron chi connectivity index (χ0n) is 13.9. The van der Waals surface area contributed by atoms with E-state index in [1.165, 1.54) is 0 Å². The number of anilines is 1. The predicted octanol–water partition coefficient (Wildman–Crippen LogP) is 3.12. The van der Waals surface area contributed by atoms with Gasteiger partial charge in [0.1, 0.15) is 0 Å². The molecular formula is C18H21ClN4O. The summed E-state index contributed by atoms with van der Waals surface area (Å²) in [6, 6.07) is 7.59. The first-order valence-electron chi connectivity index (χ1n) is 8.11. The maximum Gasteiger partial charge on any atom is 0.222 e. The van der Waals surface area contributed by atoms with E-state index < -0.39 is 0 Å². The summed E-state index contributed by atoms with van der Waals surface area (Å²) in [6.07, 6.45) is 1.78. The smallest absolute Gasteiger partial charge is 0.222 e. The van der Waals surface area contributed by atoms with Crippen molar-refractivity contribution in [3.63, 3.8) is 0 Å². The Balaban J connectivity index is 1.92. The van der Waals surface area contributed by atoms with Crippen molar-refractivity contribution in [1.29, 1.82) is 0 Å². The molecule has 1 atom stereocenters. The van der Waals surface area contributed by atoms with Crippen molar-refractivity contribution in [1.82, 2.24) is 10.2 Å². The molecule has 2 heterocycles. The van der Waals surface area contributed by atoms with Crippen LogP contribution in [0.3, 0.4) is 0 Å². The molecule has 2 aromatic rings. The number of benzene rings is 1. The van der Waals surface area contributed by atoms with Crippen molar-refractivity contribution < 1.29 is 4.79 Å². The minimum atomic E-state index is -0.236. The number of rotatable bonds is 3. The lowest BCUT2D eigenvalue weighted by Crippen LogP contribution is -2.42. The zero-order chi connectivity index (χ0) is 17.3. The van der Waals surface area contributed by atoms with Crippen LogP contribution in [0.15, 0.2) is 24.3 Å². The molecule has 1 aliphatic heterocycles. The number of aromatic nitrogens is 2. The molecule has 2 N–H and O–H groups in total. The Labute approximate surface area is 146 Å². The number of piperidine rings is 1. The quantitative estimate of drug-likeness (QED) is 0.928. The number of hydrogen-bond acceptors (Lipinski definition) is 4. The van der Waals surface area contributed by atoms with Crippen molar-refractivity contribution in [2.75, 3.05) is 18.0 Å². The Morgan fingerprint density at radius 1 is 1.21 bits per heavy atom. The molecule has 1 aliphatic rings. The van der Waals surface area contributed by atoms with E-state index in [0.717, 1.165) is 47.6 Å². The highest BCUT2D eigenvalue weighted by atomic mass is 35.5. The second-order valence-corrected chi connectivity index (χ2v) is 6.75. The van der Waals surface area contributed by atoms with Crippen LogP contribution in [0.1, 0.15) is 24.0 Å². The summed E-state index contributed by atoms with van der Waals surface area (Å²) < 4.78 is 0. The molecule has 1 saturated heterocycles. The van der Waals surface area contributed by atoms with E-state index in [-0.39, 0.29) is 11.8 Å². The summed E-state index contributed by atoms with van der Waals surface area (Å²) in [7, 11) is 0. The Morgan fingerprint density at radius 2 is 1.92 bits per heavy atom. The average Bonchev–Trinajstić information content (AvgIpc) is 2.58. The number of amides is 1. The molecule has 5 nitrogen and oxygen atoms in total. The van der Waals surface area contributed by atoms with Gasteiger partial charge in [0, 0.05) is 23.7 Å². The molecule has 1 aromatic heterocycles. The number of halogens is 1. The summed E-state index contributed by atoms with van der Waals surface area (Å²) in [4.78, 5) is 13.6. The number of primary amides is 1. The first-order chi connectivity index (χ1) is 11.5. The first kappa shape index (κ1) is 16.7. The van der Waals surface area contributed by atoms with Crippen molar-refractivity contribution >= 4 is 23.3 Å². The number of nitrogens with two attached hydrogens (primary N) is 1. The van der Waals surface area contributed by atoms with E-state index in [0.29, 0.717) is 11.6 Å². The molecule has 1 amide bonds. The summed E-state index contributed by atoms with van der Waals surface area (Å²) in [5, 5.41) is 9.58. The molecule has 24 heavy (non-hydrogen) atoms. The first-order valence-corrected chi connectivity index (χ1v) is 8.49. The van der Waals surface area contributed by atoms with E-state index >= 15 is 0 Å². The average molecular weight is 345 g/mol. The van der Waals surface area contributed by atoms with Crippen LogP contribution in [0.25, 0.3) is 11.3 Å². The highest BCUT2D eigenvalue weighted by Gasteiger charge is 2.26. The van der Waals surface area contributed by atoms with Gasteiger partial charge in [0.05, 0.1) is 11.6 Å². The van der Waals surface area contributed by atoms with Crippen LogP contribution >= 0.6 is 11.6 Å². The number of carbonyl (C=O) groups excluding carboxylic acids is 1. The normalized spacial score (nSPS) is 17.8. The van der Waals surface area contributed by atoms with E-state index in [9.17, 15) is 4.79 Å². The van der Waals surface area contributed by atoms with E-state index in [2.05, 4.69) is 15.1 Å². The van der Waals surface area contributed by atoms with Gasteiger partial charge in [-0.05, 0) is 49.9 Å². The van der Waals surface area contributed by atoms with Gasteiger partial charge >= 0.3 is 0 Å². The van der Waals surface area contributed by atoms with Gasteiger partial charge in [-0.1, -0.05) is 23.7 Å². The minimum absolute atomic E-state index is 0.115. The SMILES string of the molecule is Cc1c(-c2ccc(Cl)cc2)nnc(N2CCCC(C(N)=O)C2)c1C. The maximum absolute atomic E-state index is 11.5. The number of hydrogen-bond donors (Lipinski definition) is 1. The van der Waals surface area contributed by atoms with Crippen LogP contribution in [-0.4, -0.2) is 29.2 Å². The van der Waals surface area contributed by atoms with Crippen LogP contribution in [0.4, 0.5) is 5.82 Å². The van der Waals surface area contributed by atoms with Crippen molar-refractivity contribution in [2.45, 2.75) is 26.7 Å². The van der Waals surface area contributed by atoms with Crippen molar-refractivity contribution in [3.8, 4) is 11.3 Å². The minimum Gasteiger partial charge on any atom is -0.369 e. The van der Waals surface area contributed by atoms with Gasteiger partial charge < -0.3 is 10.6 Å². The van der Waals surface area contributed by atoms with E-state index in [4.69, 9.17) is 17.3 Å². The van der Waals surface area contributed by atoms with Crippen LogP contribution in [0, 0.1) is 19.8 Å². The van der Waals surface area contributed by atoms with Crippen molar-refractivity contribution in [3.05, 3.63) is 40.4 Å². The molecule has 0 radical (unpaired) electrons. The molecule has 0 aliphatic carbocycles. The topological polar surface area (TPSA) is 72.1 Å². The Hall–Kier alpha value is -2.14. The van der Waals surface area contributed by atoms with Gasteiger partial charge in [-0.2, -0.15) is 0 Å². The van der Waals surface area contributed by atoms with E-state index in [1.807, 2.05) is 38.1 Å². The second kappa shape index (κ2) is 6.77. The van der Waals surface area contributed by atoms with Gasteiger partial charge in [0.15, 0.2) is 5.82 Å². The molecule has 1 unspecified atom stereocenters. The van der Waals surface area contributed by atoms with Gasteiger partial charge in [-0.25, -0.2) is 0 Å². The van der Waals surface area contributed by atoms with Gasteiger partial charge in [-0.3, -0.25) is 4.79 Å². The summed E-state index contributed by atoms with van der Waals surface area (Å²) in [5.74, 6) is 0.493. The molecular weight excluding hydrogens is 324 g/mol. The fourth-order valence-corrected chi connectivity index (χ4v) is 3.30. The standard InChI is InChI=1S/C18H21ClN4O/c1-11-12(2)18(23-9-3-4-14(10-23)17(20)24)22-21-16(11)13-5-7-15(19)8-6-13/h5-8,14H,3-4,9-10H2,1-2H3,(H2,20,24). The predicted molar refractivity (Wildman–Crippen MR) is 96.1 cm³/mol. The van der Waals surface area contributed by atoms with Crippen LogP contribution in [0.5, 0.6) is 0 Å². The van der Waals surface area contributed by atoms with E-state index in [1.54, 1.807) is 0 Å². The Morgan fingerprint density at radius 3 is 2.58 bits per heavy atom. The second-order valence-electron chi connectivity index (χ2n) is 6.32. The molecule has 1 fully saturated rings. The molecule has 6 heteroatoms. The highest BCUT2D eigenvalue weighted by molar-refractivity contribution is 6.30. The van der Waals surface area contributed by atoms with Gasteiger partial charge in [0.25, 0.3) is 0 Å². The fourth-order valence-electron chi connectivity index (χ4n) is 3.18. The molecule has 0 saturated carbocycles. The Bertz CT molecular complexity index is 760. The molecule has 1 aromatic carbocycles. The molecule has 0 bridgehead atoms. The lowest BCUT2D eigenvalue weighted by Gasteiger charge is -2.33. The van der Waals surface area contributed by atoms with Crippen LogP contribution in [-0.2, 0) is 4.79 Å². The lowest BCUT2D eigenvalue weighted by atomic mass is 9.96. The summed E-state index contributed by atoms with van der Waals surface area (Å²) in [5.41, 5.74) is 9.50. The van der Waals surface area contributed by atoms with Crippen molar-refractivity contribution in [2.24, 2.45) is 11.7 Å². The summed E-state index contributed by atoms with van der Waals surface area (Å²) in [6.45, 7) is 5.59. The highest BCUT2D eigenvalue weighted by Crippen LogP contribution is 2.30. The Kier molecular flexibility index (Phi) is 4.71. The molecule has 3 rings (SSSR count). The summed E-state index contributed by atoms with van der Waals surface area (Å²) >= 11 is 5.96. The number of carbonyl (C=O) groups is 1. The lowest BCUT2D eigenvalue weighted by molar-refractivity contribution is -0.122. The van der Waals surface area contributed by atoms with Crippen LogP contribution in [0.2, 0.25) is 5.02 Å². The largest absolute Gasteiger partial charge is 0.369 e. The third kappa shape index (κ3) is 3.22. The van der Waals surface area contributed by atoms with Gasteiger partial charge in [-0.15, -0.1) is 10.2 Å². The third-order valence-electron chi connectivity index (χ3n) is 4.74. The maximum atomic E-state index is 11.5. The van der Waals surface area contributed by atoms with Gasteiger partial charge in [0.2, 0.25) is 5.91 Å².